The molecule has 0 bridgehead atoms. The maximum absolute atomic E-state index is 11.9. The highest BCUT2D eigenvalue weighted by Crippen LogP contribution is 2.51. The fourth-order valence-electron chi connectivity index (χ4n) is 3.06. The summed E-state index contributed by atoms with van der Waals surface area (Å²) < 4.78 is 10.8. The summed E-state index contributed by atoms with van der Waals surface area (Å²) in [4.78, 5) is 11.9. The van der Waals surface area contributed by atoms with Crippen molar-refractivity contribution in [3.8, 4) is 17.2 Å². The van der Waals surface area contributed by atoms with E-state index in [9.17, 15) is 15.0 Å². The zero-order chi connectivity index (χ0) is 15.6. The van der Waals surface area contributed by atoms with Crippen molar-refractivity contribution in [3.63, 3.8) is 0 Å². The van der Waals surface area contributed by atoms with Gasteiger partial charge in [0.05, 0.1) is 19.6 Å². The van der Waals surface area contributed by atoms with Gasteiger partial charge < -0.3 is 19.7 Å². The average molecular weight is 359 g/mol. The van der Waals surface area contributed by atoms with Crippen molar-refractivity contribution in [1.82, 2.24) is 0 Å². The minimum atomic E-state index is -1.07. The molecule has 1 aliphatic carbocycles. The van der Waals surface area contributed by atoms with Crippen molar-refractivity contribution < 1.29 is 24.5 Å². The van der Waals surface area contributed by atoms with E-state index < -0.39 is 11.4 Å². The predicted molar refractivity (Wildman–Crippen MR) is 81.3 cm³/mol. The summed E-state index contributed by atoms with van der Waals surface area (Å²) in [5.74, 6) is -0.230. The first-order chi connectivity index (χ1) is 9.97. The zero-order valence-corrected chi connectivity index (χ0v) is 13.7. The van der Waals surface area contributed by atoms with Crippen LogP contribution >= 0.6 is 15.9 Å². The Kier molecular flexibility index (Phi) is 4.66. The van der Waals surface area contributed by atoms with Gasteiger partial charge in [0, 0.05) is 5.56 Å². The first-order valence-corrected chi connectivity index (χ1v) is 7.64. The topological polar surface area (TPSA) is 76.0 Å². The van der Waals surface area contributed by atoms with E-state index in [2.05, 4.69) is 15.9 Å². The number of carbonyl (C=O) groups is 1. The number of rotatable bonds is 4. The Labute approximate surface area is 132 Å². The number of methoxy groups -OCH3 is 2. The van der Waals surface area contributed by atoms with Gasteiger partial charge in [0.15, 0.2) is 11.5 Å². The summed E-state index contributed by atoms with van der Waals surface area (Å²) in [5, 5.41) is 20.2. The Morgan fingerprint density at radius 2 is 1.86 bits per heavy atom. The average Bonchev–Trinajstić information content (AvgIpc) is 2.50. The molecule has 0 heterocycles. The van der Waals surface area contributed by atoms with E-state index in [4.69, 9.17) is 9.47 Å². The second-order valence-corrected chi connectivity index (χ2v) is 6.06. The summed E-state index contributed by atoms with van der Waals surface area (Å²) in [6.07, 6.45) is 3.70. The van der Waals surface area contributed by atoms with Crippen LogP contribution in [0.15, 0.2) is 10.5 Å². The number of phenolic OH excluding ortho intramolecular Hbond substituents is 1. The maximum atomic E-state index is 11.9. The third-order valence-electron chi connectivity index (χ3n) is 4.22. The van der Waals surface area contributed by atoms with Gasteiger partial charge in [0.1, 0.15) is 10.2 Å². The van der Waals surface area contributed by atoms with Crippen molar-refractivity contribution in [2.75, 3.05) is 14.2 Å². The third-order valence-corrected chi connectivity index (χ3v) is 4.95. The van der Waals surface area contributed by atoms with Crippen LogP contribution in [0.1, 0.15) is 37.7 Å². The first kappa shape index (κ1) is 15.9. The van der Waals surface area contributed by atoms with Crippen molar-refractivity contribution >= 4 is 21.9 Å². The van der Waals surface area contributed by atoms with E-state index in [-0.39, 0.29) is 5.75 Å². The molecule has 2 N–H and O–H groups in total. The molecule has 0 aromatic heterocycles. The van der Waals surface area contributed by atoms with Crippen LogP contribution in [0.25, 0.3) is 0 Å². The second kappa shape index (κ2) is 6.13. The lowest BCUT2D eigenvalue weighted by atomic mass is 9.69. The summed E-state index contributed by atoms with van der Waals surface area (Å²) in [7, 11) is 2.95. The Morgan fingerprint density at radius 1 is 1.24 bits per heavy atom. The lowest BCUT2D eigenvalue weighted by Gasteiger charge is -2.34. The highest BCUT2D eigenvalue weighted by atomic mass is 79.9. The van der Waals surface area contributed by atoms with Gasteiger partial charge in [-0.25, -0.2) is 0 Å². The van der Waals surface area contributed by atoms with E-state index in [1.54, 1.807) is 6.07 Å². The zero-order valence-electron chi connectivity index (χ0n) is 12.1. The smallest absolute Gasteiger partial charge is 0.314 e. The van der Waals surface area contributed by atoms with Gasteiger partial charge >= 0.3 is 5.97 Å². The van der Waals surface area contributed by atoms with Crippen molar-refractivity contribution in [3.05, 3.63) is 16.1 Å². The second-order valence-electron chi connectivity index (χ2n) is 5.27. The molecule has 0 saturated heterocycles. The van der Waals surface area contributed by atoms with E-state index >= 15 is 0 Å². The largest absolute Gasteiger partial charge is 0.506 e. The molecule has 1 aromatic carbocycles. The van der Waals surface area contributed by atoms with E-state index in [1.165, 1.54) is 14.2 Å². The van der Waals surface area contributed by atoms with E-state index in [0.717, 1.165) is 19.3 Å². The molecule has 0 radical (unpaired) electrons. The number of hydrogen-bond donors (Lipinski definition) is 2. The Bertz CT molecular complexity index is 549. The fourth-order valence-corrected chi connectivity index (χ4v) is 3.63. The first-order valence-electron chi connectivity index (χ1n) is 6.85. The molecule has 21 heavy (non-hydrogen) atoms. The molecule has 0 atom stereocenters. The van der Waals surface area contributed by atoms with Crippen molar-refractivity contribution in [1.29, 1.82) is 0 Å². The van der Waals surface area contributed by atoms with Gasteiger partial charge in [-0.3, -0.25) is 4.79 Å². The molecule has 1 aliphatic rings. The molecule has 5 nitrogen and oxygen atoms in total. The third kappa shape index (κ3) is 2.57. The van der Waals surface area contributed by atoms with Gasteiger partial charge in [0.25, 0.3) is 0 Å². The minimum absolute atomic E-state index is 0.0862. The molecule has 1 aromatic rings. The number of aliphatic carboxylic acids is 1. The SMILES string of the molecule is COc1cc(C2(C(=O)O)CCCCC2)c(O)c(Br)c1OC. The number of halogens is 1. The predicted octanol–water partition coefficient (Wildman–Crippen LogP) is 3.46. The van der Waals surface area contributed by atoms with Crippen LogP contribution in [0.5, 0.6) is 17.2 Å². The summed E-state index contributed by atoms with van der Waals surface area (Å²) >= 11 is 3.27. The summed E-state index contributed by atoms with van der Waals surface area (Å²) in [5.41, 5.74) is -0.677. The van der Waals surface area contributed by atoms with Crippen LogP contribution < -0.4 is 9.47 Å². The molecule has 0 spiro atoms. The molecule has 0 unspecified atom stereocenters. The molecule has 1 saturated carbocycles. The molecular weight excluding hydrogens is 340 g/mol. The van der Waals surface area contributed by atoms with Crippen LogP contribution in [0.2, 0.25) is 0 Å². The lowest BCUT2D eigenvalue weighted by molar-refractivity contribution is -0.145. The highest BCUT2D eigenvalue weighted by molar-refractivity contribution is 9.10. The quantitative estimate of drug-likeness (QED) is 0.861. The van der Waals surface area contributed by atoms with Gasteiger partial charge in [-0.05, 0) is 34.8 Å². The van der Waals surface area contributed by atoms with Gasteiger partial charge in [-0.1, -0.05) is 19.3 Å². The summed E-state index contributed by atoms with van der Waals surface area (Å²) in [6, 6.07) is 1.58. The van der Waals surface area contributed by atoms with Crippen molar-refractivity contribution in [2.45, 2.75) is 37.5 Å². The molecule has 2 rings (SSSR count). The lowest BCUT2D eigenvalue weighted by Crippen LogP contribution is -2.38. The molecule has 0 amide bonds. The number of carboxylic acids is 1. The van der Waals surface area contributed by atoms with E-state index in [0.29, 0.717) is 34.4 Å². The van der Waals surface area contributed by atoms with Crippen LogP contribution in [0.4, 0.5) is 0 Å². The Balaban J connectivity index is 2.66. The normalized spacial score (nSPS) is 17.3. The Morgan fingerprint density at radius 3 is 2.33 bits per heavy atom. The monoisotopic (exact) mass is 358 g/mol. The van der Waals surface area contributed by atoms with E-state index in [1.807, 2.05) is 0 Å². The highest BCUT2D eigenvalue weighted by Gasteiger charge is 2.44. The number of ether oxygens (including phenoxy) is 2. The van der Waals surface area contributed by atoms with Crippen LogP contribution in [-0.2, 0) is 10.2 Å². The summed E-state index contributed by atoms with van der Waals surface area (Å²) in [6.45, 7) is 0. The van der Waals surface area contributed by atoms with Crippen molar-refractivity contribution in [2.24, 2.45) is 0 Å². The molecule has 6 heteroatoms. The van der Waals surface area contributed by atoms with Gasteiger partial charge in [-0.15, -0.1) is 0 Å². The Hall–Kier alpha value is -1.43. The number of benzene rings is 1. The minimum Gasteiger partial charge on any atom is -0.506 e. The molecule has 1 fully saturated rings. The number of aromatic hydroxyl groups is 1. The molecule has 0 aliphatic heterocycles. The van der Waals surface area contributed by atoms with Crippen LogP contribution in [-0.4, -0.2) is 30.4 Å². The molecular formula is C15H19BrO5. The maximum Gasteiger partial charge on any atom is 0.314 e. The fraction of sp³-hybridized carbons (Fsp3) is 0.533. The standard InChI is InChI=1S/C15H19BrO5/c1-20-10-8-9(12(17)11(16)13(10)21-2)15(14(18)19)6-4-3-5-7-15/h8,17H,3-7H2,1-2H3,(H,18,19). The molecule has 116 valence electrons. The van der Waals surface area contributed by atoms with Gasteiger partial charge in [-0.2, -0.15) is 0 Å². The van der Waals surface area contributed by atoms with Crippen LogP contribution in [0, 0.1) is 0 Å². The number of carboxylic acid groups (broad SMARTS) is 1. The van der Waals surface area contributed by atoms with Gasteiger partial charge in [0.2, 0.25) is 0 Å². The number of phenols is 1. The van der Waals surface area contributed by atoms with Crippen LogP contribution in [0.3, 0.4) is 0 Å². The number of hydrogen-bond acceptors (Lipinski definition) is 4.